The van der Waals surface area contributed by atoms with Crippen molar-refractivity contribution in [1.82, 2.24) is 20.6 Å². The number of carboxylic acids is 1. The van der Waals surface area contributed by atoms with Crippen LogP contribution in [-0.4, -0.2) is 57.2 Å². The van der Waals surface area contributed by atoms with E-state index in [-0.39, 0.29) is 36.0 Å². The molecule has 2 aromatic heterocycles. The number of amidine groups is 1. The number of aliphatic imine (C=N–C) groups is 1. The number of nitriles is 1. The zero-order valence-corrected chi connectivity index (χ0v) is 30.8. The van der Waals surface area contributed by atoms with Crippen molar-refractivity contribution in [3.8, 4) is 40.1 Å². The van der Waals surface area contributed by atoms with Crippen LogP contribution in [0.5, 0.6) is 11.8 Å². The Morgan fingerprint density at radius 2 is 1.80 bits per heavy atom. The molecule has 7 rings (SSSR count). The Morgan fingerprint density at radius 3 is 2.54 bits per heavy atom. The number of carbonyl (C=O) groups is 1. The predicted octanol–water partition coefficient (Wildman–Crippen LogP) is 6.91. The fourth-order valence-electron chi connectivity index (χ4n) is 6.58. The fraction of sp³-hybridized carbons (Fsp3) is 0.244. The number of fused-ring (bicyclic) bond motifs is 1. The lowest BCUT2D eigenvalue weighted by Gasteiger charge is -2.24. The summed E-state index contributed by atoms with van der Waals surface area (Å²) in [7, 11) is 0. The summed E-state index contributed by atoms with van der Waals surface area (Å²) in [5.41, 5.74) is 6.88. The van der Waals surface area contributed by atoms with E-state index in [9.17, 15) is 20.3 Å². The number of hydrogen-bond acceptors (Lipinski definition) is 10. The monoisotopic (exact) mass is 762 g/mol. The Hall–Kier alpha value is -5.51. The van der Waals surface area contributed by atoms with Crippen LogP contribution >= 0.6 is 23.2 Å². The lowest BCUT2D eigenvalue weighted by Crippen LogP contribution is -2.52. The van der Waals surface area contributed by atoms with Crippen molar-refractivity contribution in [1.29, 1.82) is 5.26 Å². The van der Waals surface area contributed by atoms with Crippen LogP contribution in [-0.2, 0) is 24.4 Å². The van der Waals surface area contributed by atoms with Gasteiger partial charge in [0.1, 0.15) is 35.2 Å². The summed E-state index contributed by atoms with van der Waals surface area (Å²) < 4.78 is 12.6. The minimum absolute atomic E-state index is 0.0197. The number of aliphatic hydroxyl groups is 1. The van der Waals surface area contributed by atoms with Crippen molar-refractivity contribution in [3.05, 3.63) is 129 Å². The fourth-order valence-corrected chi connectivity index (χ4v) is 7.14. The maximum Gasteiger partial charge on any atom is 0.326 e. The number of hydrogen-bond donors (Lipinski definition) is 4. The third-order valence-corrected chi connectivity index (χ3v) is 10.3. The number of carboxylic acid groups (broad SMARTS) is 1. The summed E-state index contributed by atoms with van der Waals surface area (Å²) in [6, 6.07) is 25.7. The van der Waals surface area contributed by atoms with Gasteiger partial charge in [-0.2, -0.15) is 10.2 Å². The summed E-state index contributed by atoms with van der Waals surface area (Å²) in [4.78, 5) is 25.1. The van der Waals surface area contributed by atoms with Crippen molar-refractivity contribution in [2.24, 2.45) is 4.99 Å². The van der Waals surface area contributed by atoms with Gasteiger partial charge >= 0.3 is 5.97 Å². The van der Waals surface area contributed by atoms with E-state index in [1.807, 2.05) is 30.3 Å². The normalized spacial score (nSPS) is 15.8. The molecule has 54 heavy (non-hydrogen) atoms. The Kier molecular flexibility index (Phi) is 10.8. The molecule has 0 saturated carbocycles. The number of aromatic nitrogens is 2. The first-order valence-electron chi connectivity index (χ1n) is 17.4. The van der Waals surface area contributed by atoms with Crippen LogP contribution in [0.15, 0.2) is 90.2 Å². The third-order valence-electron chi connectivity index (χ3n) is 9.64. The van der Waals surface area contributed by atoms with Crippen molar-refractivity contribution in [3.63, 3.8) is 0 Å². The maximum absolute atomic E-state index is 11.9. The molecule has 0 spiro atoms. The second-order valence-corrected chi connectivity index (χ2v) is 14.1. The molecular formula is C41H36Cl2N6O5. The highest BCUT2D eigenvalue weighted by molar-refractivity contribution is 6.36. The number of benzene rings is 3. The lowest BCUT2D eigenvalue weighted by atomic mass is 9.93. The minimum Gasteiger partial charge on any atom is -0.480 e. The van der Waals surface area contributed by atoms with Gasteiger partial charge in [0.2, 0.25) is 11.8 Å². The molecule has 0 saturated heterocycles. The highest BCUT2D eigenvalue weighted by Gasteiger charge is 2.33. The summed E-state index contributed by atoms with van der Waals surface area (Å²) >= 11 is 13.9. The summed E-state index contributed by atoms with van der Waals surface area (Å²) in [6.45, 7) is 2.34. The van der Waals surface area contributed by atoms with E-state index < -0.39 is 18.1 Å². The minimum atomic E-state index is -1.62. The van der Waals surface area contributed by atoms with Gasteiger partial charge in [0.05, 0.1) is 23.7 Å². The molecule has 0 fully saturated rings. The quantitative estimate of drug-likeness (QED) is 0.0992. The molecule has 2 atom stereocenters. The summed E-state index contributed by atoms with van der Waals surface area (Å²) in [5.74, 6) is -0.0219. The smallest absolute Gasteiger partial charge is 0.326 e. The van der Waals surface area contributed by atoms with E-state index >= 15 is 0 Å². The van der Waals surface area contributed by atoms with E-state index in [2.05, 4.69) is 62.0 Å². The lowest BCUT2D eigenvalue weighted by molar-refractivity contribution is -0.145. The standard InChI is InChI=1S/C41H36Cl2N6O5/c1-41(23-50,40(51)52)48-21-28-17-34(42)39(49-38(28)53-22-25-16-24(18-44)19-45-20-25)54-35-13-12-31-30(5-3-6-32(31)35)33-7-2-4-29(36(33)43)26-8-10-27(11-9-26)37-46-14-15-47-37/h2-11,16-17,19-20,35,48,50H,12-15,21-23H2,1H3,(H,46,47)(H,51,52)/t35-,41-/m0/s1. The molecule has 1 aliphatic carbocycles. The molecule has 4 N–H and O–H groups in total. The van der Waals surface area contributed by atoms with Crippen LogP contribution < -0.4 is 20.1 Å². The van der Waals surface area contributed by atoms with Crippen molar-refractivity contribution in [2.45, 2.75) is 44.6 Å². The van der Waals surface area contributed by atoms with Crippen molar-refractivity contribution >= 4 is 35.0 Å². The van der Waals surface area contributed by atoms with Crippen LogP contribution in [0.3, 0.4) is 0 Å². The molecule has 13 heteroatoms. The van der Waals surface area contributed by atoms with Crippen molar-refractivity contribution < 1.29 is 24.5 Å². The average Bonchev–Trinajstić information content (AvgIpc) is 3.89. The molecule has 1 aliphatic heterocycles. The van der Waals surface area contributed by atoms with Crippen LogP contribution in [0, 0.1) is 11.3 Å². The largest absolute Gasteiger partial charge is 0.480 e. The SMILES string of the molecule is C[C@@](CO)(NCc1cc(Cl)c(O[C@H]2CCc3c(-c4cccc(-c5ccc(C6=NCCN6)cc5)c4Cl)cccc32)nc1OCc1cncc(C#N)c1)C(=O)O. The topological polar surface area (TPSA) is 162 Å². The van der Waals surface area contributed by atoms with E-state index in [0.717, 1.165) is 64.3 Å². The second kappa shape index (κ2) is 15.8. The number of nitrogens with one attached hydrogen (secondary N) is 2. The van der Waals surface area contributed by atoms with Crippen LogP contribution in [0.2, 0.25) is 10.0 Å². The highest BCUT2D eigenvalue weighted by atomic mass is 35.5. The maximum atomic E-state index is 11.9. The molecule has 0 amide bonds. The first-order valence-corrected chi connectivity index (χ1v) is 18.1. The average molecular weight is 764 g/mol. The molecule has 2 aliphatic rings. The van der Waals surface area contributed by atoms with Gasteiger partial charge in [-0.05, 0) is 54.2 Å². The number of halogens is 2. The number of aliphatic carboxylic acids is 1. The molecule has 11 nitrogen and oxygen atoms in total. The van der Waals surface area contributed by atoms with Gasteiger partial charge < -0.3 is 25.0 Å². The number of ether oxygens (including phenoxy) is 2. The zero-order valence-electron chi connectivity index (χ0n) is 29.3. The Bertz CT molecular complexity index is 2290. The summed E-state index contributed by atoms with van der Waals surface area (Å²) in [6.07, 6.45) is 4.06. The number of rotatable bonds is 13. The van der Waals surface area contributed by atoms with Crippen molar-refractivity contribution in [2.75, 3.05) is 19.7 Å². The summed E-state index contributed by atoms with van der Waals surface area (Å²) in [5, 5.41) is 35.8. The van der Waals surface area contributed by atoms with E-state index in [1.54, 1.807) is 18.3 Å². The van der Waals surface area contributed by atoms with Crippen LogP contribution in [0.25, 0.3) is 22.3 Å². The van der Waals surface area contributed by atoms with Gasteiger partial charge in [0.15, 0.2) is 0 Å². The Balaban J connectivity index is 1.16. The van der Waals surface area contributed by atoms with Gasteiger partial charge in [-0.3, -0.25) is 20.1 Å². The van der Waals surface area contributed by atoms with Gasteiger partial charge in [-0.25, -0.2) is 0 Å². The van der Waals surface area contributed by atoms with Gasteiger partial charge in [-0.15, -0.1) is 0 Å². The van der Waals surface area contributed by atoms with Gasteiger partial charge in [0, 0.05) is 53.3 Å². The first-order chi connectivity index (χ1) is 26.2. The zero-order chi connectivity index (χ0) is 37.8. The van der Waals surface area contributed by atoms with Gasteiger partial charge in [-0.1, -0.05) is 83.9 Å². The van der Waals surface area contributed by atoms with Crippen LogP contribution in [0.1, 0.15) is 52.8 Å². The van der Waals surface area contributed by atoms with E-state index in [1.165, 1.54) is 13.1 Å². The molecule has 274 valence electrons. The highest BCUT2D eigenvalue weighted by Crippen LogP contribution is 2.44. The molecule has 5 aromatic rings. The molecule has 0 radical (unpaired) electrons. The molecule has 3 aromatic carbocycles. The Morgan fingerprint density at radius 1 is 1.04 bits per heavy atom. The third kappa shape index (κ3) is 7.60. The van der Waals surface area contributed by atoms with E-state index in [4.69, 9.17) is 32.7 Å². The number of aliphatic hydroxyl groups excluding tert-OH is 1. The second-order valence-electron chi connectivity index (χ2n) is 13.3. The molecule has 3 heterocycles. The molecule has 0 bridgehead atoms. The Labute approximate surface area is 322 Å². The van der Waals surface area contributed by atoms with Crippen LogP contribution in [0.4, 0.5) is 0 Å². The van der Waals surface area contributed by atoms with E-state index in [0.29, 0.717) is 28.1 Å². The van der Waals surface area contributed by atoms with Gasteiger partial charge in [0.25, 0.3) is 0 Å². The predicted molar refractivity (Wildman–Crippen MR) is 206 cm³/mol. The molecular weight excluding hydrogens is 727 g/mol. The first kappa shape index (κ1) is 36.8. The number of nitrogens with zero attached hydrogens (tertiary/aromatic N) is 4. The molecule has 0 unspecified atom stereocenters. The number of pyridine rings is 2.